The number of rotatable bonds is 4. The van der Waals surface area contributed by atoms with Crippen LogP contribution in [-0.2, 0) is 7.05 Å². The van der Waals surface area contributed by atoms with Crippen LogP contribution in [0.2, 0.25) is 0 Å². The zero-order valence-electron chi connectivity index (χ0n) is 9.23. The number of hydrogen-bond acceptors (Lipinski definition) is 1. The normalized spacial score (nSPS) is 12.6. The van der Waals surface area contributed by atoms with E-state index in [1.54, 1.807) is 0 Å². The van der Waals surface area contributed by atoms with Crippen molar-refractivity contribution in [1.29, 1.82) is 0 Å². The van der Waals surface area contributed by atoms with Gasteiger partial charge in [-0.05, 0) is 30.9 Å². The lowest BCUT2D eigenvalue weighted by Gasteiger charge is -2.14. The van der Waals surface area contributed by atoms with E-state index < -0.39 is 0 Å². The fraction of sp³-hybridized carbons (Fsp3) is 0.636. The Morgan fingerprint density at radius 1 is 1.36 bits per heavy atom. The lowest BCUT2D eigenvalue weighted by Crippen LogP contribution is -2.14. The maximum absolute atomic E-state index is 6.07. The van der Waals surface area contributed by atoms with E-state index in [1.807, 2.05) is 19.3 Å². The number of nitrogens with zero attached hydrogens (tertiary/aromatic N) is 1. The highest BCUT2D eigenvalue weighted by atomic mass is 35.5. The molecular formula is C11H21ClN2. The number of hydrogen-bond donors (Lipinski definition) is 1. The highest BCUT2D eigenvalue weighted by Gasteiger charge is 2.08. The monoisotopic (exact) mass is 216 g/mol. The standard InChI is InChI=1S/C11H20N2.ClH/c1-9(2)6-7-10(12)11-5-4-8-13(11)3;/h4-5,8-10H,6-7,12H2,1-3H3;1H/t10-;/m1./s1. The molecule has 2 nitrogen and oxygen atoms in total. The molecule has 0 saturated carbocycles. The summed E-state index contributed by atoms with van der Waals surface area (Å²) in [7, 11) is 2.05. The molecule has 0 aromatic carbocycles. The molecule has 1 aromatic rings. The van der Waals surface area contributed by atoms with Crippen molar-refractivity contribution in [2.45, 2.75) is 32.7 Å². The minimum absolute atomic E-state index is 0. The molecule has 0 aliphatic heterocycles. The van der Waals surface area contributed by atoms with Gasteiger partial charge in [-0.25, -0.2) is 0 Å². The van der Waals surface area contributed by atoms with E-state index in [4.69, 9.17) is 5.73 Å². The molecule has 1 atom stereocenters. The van der Waals surface area contributed by atoms with E-state index in [0.29, 0.717) is 0 Å². The van der Waals surface area contributed by atoms with Crippen molar-refractivity contribution < 1.29 is 0 Å². The highest BCUT2D eigenvalue weighted by Crippen LogP contribution is 2.18. The number of aromatic nitrogens is 1. The summed E-state index contributed by atoms with van der Waals surface area (Å²) in [6, 6.07) is 4.35. The van der Waals surface area contributed by atoms with Crippen molar-refractivity contribution in [3.05, 3.63) is 24.0 Å². The second-order valence-electron chi connectivity index (χ2n) is 4.12. The van der Waals surface area contributed by atoms with E-state index in [2.05, 4.69) is 24.5 Å². The van der Waals surface area contributed by atoms with Crippen LogP contribution in [0.15, 0.2) is 18.3 Å². The van der Waals surface area contributed by atoms with Crippen molar-refractivity contribution >= 4 is 12.4 Å². The van der Waals surface area contributed by atoms with Gasteiger partial charge in [-0.15, -0.1) is 12.4 Å². The smallest absolute Gasteiger partial charge is 0.0449 e. The second-order valence-corrected chi connectivity index (χ2v) is 4.12. The van der Waals surface area contributed by atoms with E-state index in [0.717, 1.165) is 12.3 Å². The van der Waals surface area contributed by atoms with Gasteiger partial charge in [0, 0.05) is 25.0 Å². The molecule has 0 unspecified atom stereocenters. The fourth-order valence-electron chi connectivity index (χ4n) is 1.52. The molecule has 1 heterocycles. The van der Waals surface area contributed by atoms with Crippen LogP contribution in [-0.4, -0.2) is 4.57 Å². The molecule has 82 valence electrons. The average Bonchev–Trinajstić information content (AvgIpc) is 2.47. The van der Waals surface area contributed by atoms with Crippen LogP contribution in [0, 0.1) is 5.92 Å². The molecule has 0 spiro atoms. The van der Waals surface area contributed by atoms with Crippen LogP contribution in [0.4, 0.5) is 0 Å². The van der Waals surface area contributed by atoms with Gasteiger partial charge in [0.1, 0.15) is 0 Å². The molecule has 3 heteroatoms. The Labute approximate surface area is 92.9 Å². The van der Waals surface area contributed by atoms with Crippen molar-refractivity contribution in [2.24, 2.45) is 18.7 Å². The lowest BCUT2D eigenvalue weighted by atomic mass is 10.0. The molecule has 2 N–H and O–H groups in total. The Morgan fingerprint density at radius 3 is 2.43 bits per heavy atom. The predicted molar refractivity (Wildman–Crippen MR) is 63.7 cm³/mol. The predicted octanol–water partition coefficient (Wildman–Crippen LogP) is 2.88. The van der Waals surface area contributed by atoms with Gasteiger partial charge in [0.2, 0.25) is 0 Å². The Hall–Kier alpha value is -0.470. The third-order valence-electron chi connectivity index (χ3n) is 2.42. The van der Waals surface area contributed by atoms with E-state index in [9.17, 15) is 0 Å². The molecule has 14 heavy (non-hydrogen) atoms. The Balaban J connectivity index is 0.00000169. The molecule has 0 fully saturated rings. The second kappa shape index (κ2) is 6.10. The van der Waals surface area contributed by atoms with Crippen molar-refractivity contribution in [3.8, 4) is 0 Å². The van der Waals surface area contributed by atoms with Gasteiger partial charge in [-0.3, -0.25) is 0 Å². The number of halogens is 1. The number of aryl methyl sites for hydroxylation is 1. The average molecular weight is 217 g/mol. The van der Waals surface area contributed by atoms with Gasteiger partial charge >= 0.3 is 0 Å². The van der Waals surface area contributed by atoms with E-state index in [-0.39, 0.29) is 18.4 Å². The molecule has 0 saturated heterocycles. The summed E-state index contributed by atoms with van der Waals surface area (Å²) in [6.07, 6.45) is 4.33. The van der Waals surface area contributed by atoms with Gasteiger partial charge in [-0.1, -0.05) is 13.8 Å². The largest absolute Gasteiger partial charge is 0.353 e. The SMILES string of the molecule is CC(C)CC[C@@H](N)c1cccn1C.Cl. The zero-order valence-corrected chi connectivity index (χ0v) is 10.1. The van der Waals surface area contributed by atoms with E-state index >= 15 is 0 Å². The molecule has 0 amide bonds. The first kappa shape index (κ1) is 13.5. The lowest BCUT2D eigenvalue weighted by molar-refractivity contribution is 0.494. The summed E-state index contributed by atoms with van der Waals surface area (Å²) in [5, 5.41) is 0. The summed E-state index contributed by atoms with van der Waals surface area (Å²) >= 11 is 0. The molecule has 0 aliphatic carbocycles. The zero-order chi connectivity index (χ0) is 9.84. The molecule has 0 bridgehead atoms. The Bertz CT molecular complexity index is 256. The van der Waals surface area contributed by atoms with Crippen molar-refractivity contribution in [3.63, 3.8) is 0 Å². The minimum atomic E-state index is 0. The summed E-state index contributed by atoms with van der Waals surface area (Å²) in [6.45, 7) is 4.47. The summed E-state index contributed by atoms with van der Waals surface area (Å²) in [5.41, 5.74) is 7.30. The van der Waals surface area contributed by atoms with Crippen LogP contribution in [0.3, 0.4) is 0 Å². The van der Waals surface area contributed by atoms with Crippen LogP contribution < -0.4 is 5.73 Å². The third-order valence-corrected chi connectivity index (χ3v) is 2.42. The van der Waals surface area contributed by atoms with E-state index in [1.165, 1.54) is 12.1 Å². The summed E-state index contributed by atoms with van der Waals surface area (Å²) in [4.78, 5) is 0. The van der Waals surface area contributed by atoms with Gasteiger partial charge in [0.25, 0.3) is 0 Å². The fourth-order valence-corrected chi connectivity index (χ4v) is 1.52. The molecule has 1 rings (SSSR count). The molecular weight excluding hydrogens is 196 g/mol. The minimum Gasteiger partial charge on any atom is -0.353 e. The van der Waals surface area contributed by atoms with Crippen LogP contribution in [0.1, 0.15) is 38.4 Å². The van der Waals surface area contributed by atoms with Gasteiger partial charge < -0.3 is 10.3 Å². The van der Waals surface area contributed by atoms with Gasteiger partial charge in [-0.2, -0.15) is 0 Å². The quantitative estimate of drug-likeness (QED) is 0.825. The highest BCUT2D eigenvalue weighted by molar-refractivity contribution is 5.85. The van der Waals surface area contributed by atoms with Crippen LogP contribution >= 0.6 is 12.4 Å². The maximum Gasteiger partial charge on any atom is 0.0449 e. The first-order valence-electron chi connectivity index (χ1n) is 4.98. The van der Waals surface area contributed by atoms with Gasteiger partial charge in [0.05, 0.1) is 0 Å². The van der Waals surface area contributed by atoms with Crippen LogP contribution in [0.5, 0.6) is 0 Å². The molecule has 0 aliphatic rings. The summed E-state index contributed by atoms with van der Waals surface area (Å²) in [5.74, 6) is 0.742. The Kier molecular flexibility index (Phi) is 5.89. The molecule has 0 radical (unpaired) electrons. The maximum atomic E-state index is 6.07. The third kappa shape index (κ3) is 3.72. The van der Waals surface area contributed by atoms with Crippen LogP contribution in [0.25, 0.3) is 0 Å². The van der Waals surface area contributed by atoms with Crippen molar-refractivity contribution in [1.82, 2.24) is 4.57 Å². The van der Waals surface area contributed by atoms with Gasteiger partial charge in [0.15, 0.2) is 0 Å². The summed E-state index contributed by atoms with van der Waals surface area (Å²) < 4.78 is 2.10. The first-order valence-corrected chi connectivity index (χ1v) is 4.98. The topological polar surface area (TPSA) is 30.9 Å². The first-order chi connectivity index (χ1) is 6.11. The number of nitrogens with two attached hydrogens (primary N) is 1. The van der Waals surface area contributed by atoms with Crippen molar-refractivity contribution in [2.75, 3.05) is 0 Å². The Morgan fingerprint density at radius 2 is 2.00 bits per heavy atom. The molecule has 1 aromatic heterocycles.